The number of hydrogen-bond acceptors (Lipinski definition) is 2. The van der Waals surface area contributed by atoms with E-state index in [1.54, 1.807) is 60.7 Å². The Morgan fingerprint density at radius 1 is 0.275 bits per heavy atom. The minimum Gasteiger partial charge on any atom is -0.307 e. The van der Waals surface area contributed by atoms with Crippen molar-refractivity contribution in [2.75, 3.05) is 9.80 Å². The van der Waals surface area contributed by atoms with Gasteiger partial charge >= 0.3 is 0 Å². The maximum Gasteiger partial charge on any atom is 0.148 e. The summed E-state index contributed by atoms with van der Waals surface area (Å²) in [4.78, 5) is 3.08. The van der Waals surface area contributed by atoms with Gasteiger partial charge in [-0.15, -0.1) is 0 Å². The van der Waals surface area contributed by atoms with Crippen LogP contribution in [0.15, 0.2) is 303 Å². The van der Waals surface area contributed by atoms with E-state index >= 15 is 8.78 Å². The van der Waals surface area contributed by atoms with Crippen LogP contribution >= 0.6 is 0 Å². The summed E-state index contributed by atoms with van der Waals surface area (Å²) in [6.07, 6.45) is 0. The van der Waals surface area contributed by atoms with Crippen molar-refractivity contribution in [3.63, 3.8) is 0 Å². The average molecular weight is 1050 g/mol. The van der Waals surface area contributed by atoms with Gasteiger partial charge in [-0.05, 0) is 138 Å². The summed E-state index contributed by atoms with van der Waals surface area (Å²) in [5.41, 5.74) is 0.165. The van der Waals surface area contributed by atoms with Crippen molar-refractivity contribution in [2.45, 2.75) is 0 Å². The van der Waals surface area contributed by atoms with Gasteiger partial charge in [-0.1, -0.05) is 242 Å². The van der Waals surface area contributed by atoms with E-state index < -0.39 is 155 Å². The second-order valence-corrected chi connectivity index (χ2v) is 18.8. The highest BCUT2D eigenvalue weighted by atomic mass is 19.1. The van der Waals surface area contributed by atoms with Crippen molar-refractivity contribution in [3.05, 3.63) is 314 Å². The summed E-state index contributed by atoms with van der Waals surface area (Å²) >= 11 is 0. The van der Waals surface area contributed by atoms with Crippen molar-refractivity contribution >= 4 is 66.4 Å². The predicted molar refractivity (Wildman–Crippen MR) is 332 cm³/mol. The van der Waals surface area contributed by atoms with Crippen LogP contribution in [0.4, 0.5) is 42.9 Å². The Hall–Kier alpha value is -10.4. The normalized spacial score (nSPS) is 14.9. The van der Waals surface area contributed by atoms with E-state index in [0.29, 0.717) is 43.4 Å². The second kappa shape index (κ2) is 20.5. The van der Waals surface area contributed by atoms with Crippen LogP contribution in [-0.2, 0) is 0 Å². The van der Waals surface area contributed by atoms with Gasteiger partial charge in [0, 0.05) is 33.3 Å². The molecule has 0 radical (unpaired) electrons. The molecule has 0 aliphatic carbocycles. The Balaban J connectivity index is 1.10. The lowest BCUT2D eigenvalue weighted by molar-refractivity contribution is 0.629. The lowest BCUT2D eigenvalue weighted by Gasteiger charge is -2.32. The minimum atomic E-state index is -1.10. The summed E-state index contributed by atoms with van der Waals surface area (Å²) in [6, 6.07) is 36.8. The molecule has 0 amide bonds. The minimum absolute atomic E-state index is 0.255. The third-order valence-electron chi connectivity index (χ3n) is 14.2. The Morgan fingerprint density at radius 3 is 1.01 bits per heavy atom. The fraction of sp³-hybridized carbons (Fsp3) is 0. The summed E-state index contributed by atoms with van der Waals surface area (Å²) in [7, 11) is 0. The predicted octanol–water partition coefficient (Wildman–Crippen LogP) is 21.8. The van der Waals surface area contributed by atoms with Crippen LogP contribution in [0.5, 0.6) is 0 Å². The Kier molecular flexibility index (Phi) is 7.97. The molecule has 14 rings (SSSR count). The van der Waals surface area contributed by atoms with Crippen LogP contribution in [0.3, 0.4) is 0 Å². The van der Waals surface area contributed by atoms with Gasteiger partial charge in [-0.25, -0.2) is 8.78 Å². The highest BCUT2D eigenvalue weighted by Crippen LogP contribution is 2.52. The zero-order valence-corrected chi connectivity index (χ0v) is 42.0. The van der Waals surface area contributed by atoms with E-state index in [1.165, 1.54) is 21.9 Å². The summed E-state index contributed by atoms with van der Waals surface area (Å²) in [5, 5.41) is 3.21. The fourth-order valence-electron chi connectivity index (χ4n) is 10.7. The van der Waals surface area contributed by atoms with E-state index in [2.05, 4.69) is 0 Å². The average Bonchev–Trinajstić information content (AvgIpc) is 0.714. The molecule has 0 aliphatic heterocycles. The summed E-state index contributed by atoms with van der Waals surface area (Å²) < 4.78 is 216. The molecule has 0 saturated heterocycles. The third kappa shape index (κ3) is 8.70. The Morgan fingerprint density at radius 2 is 0.625 bits per heavy atom. The maximum absolute atomic E-state index is 18.8. The van der Waals surface area contributed by atoms with Crippen molar-refractivity contribution in [3.8, 4) is 66.8 Å². The van der Waals surface area contributed by atoms with Crippen molar-refractivity contribution in [1.29, 1.82) is 0 Å². The zero-order chi connectivity index (χ0) is 70.9. The molecular weight excluding hydrogens is 979 g/mol. The molecule has 0 saturated carbocycles. The molecule has 14 aromatic rings. The molecular formula is C76H50F2N2. The standard InChI is InChI=1S/C76H50F2N2/c77-69-49-61(53-25-11-3-12-26-53)47-67(55-29-15-5-16-30-55)75(69)79(63-35-19-33-59(45-63)51-21-7-1-8-22-51)71-43-39-57-38-42-66-72(44-40-58-37-41-65(71)73(57)74(58)66)80(64-36-20-34-60(46-64)52-23-9-2-10-24-52)76-68(56-31-17-6-18-32-56)48-62(50-70(76)78)54-27-13-4-14-28-54/h1-50H/i3D,4D,5D,6D,11D,12D,13D,14D,15D,16D,17D,18D,25D,26D,27D,28D,29D,30D,31D,32D. The second-order valence-electron chi connectivity index (χ2n) is 18.8. The van der Waals surface area contributed by atoms with Crippen LogP contribution < -0.4 is 9.80 Å². The van der Waals surface area contributed by atoms with E-state index in [-0.39, 0.29) is 56.4 Å². The first-order valence-corrected chi connectivity index (χ1v) is 25.4. The number of rotatable bonds is 12. The molecule has 0 bridgehead atoms. The van der Waals surface area contributed by atoms with Gasteiger partial charge in [0.05, 0.1) is 50.2 Å². The van der Waals surface area contributed by atoms with Crippen LogP contribution in [-0.4, -0.2) is 0 Å². The van der Waals surface area contributed by atoms with Gasteiger partial charge in [0.1, 0.15) is 11.6 Å². The highest BCUT2D eigenvalue weighted by molar-refractivity contribution is 6.28. The molecule has 0 N–H and O–H groups in total. The molecule has 80 heavy (non-hydrogen) atoms. The first kappa shape index (κ1) is 31.1. The summed E-state index contributed by atoms with van der Waals surface area (Å²) in [6.45, 7) is 0. The monoisotopic (exact) mass is 1050 g/mol. The molecule has 378 valence electrons. The summed E-state index contributed by atoms with van der Waals surface area (Å²) in [5.74, 6) is -2.21. The van der Waals surface area contributed by atoms with E-state index in [0.717, 1.165) is 23.3 Å². The number of hydrogen-bond donors (Lipinski definition) is 0. The maximum atomic E-state index is 18.8. The molecule has 0 aliphatic rings. The van der Waals surface area contributed by atoms with Gasteiger partial charge in [0.15, 0.2) is 0 Å². The Bertz CT molecular complexity index is 5330. The SMILES string of the molecule is [2H]c1c([2H])c([2H])c(-c2cc(F)c(N(c3cccc(-c4ccccc4)c3)c3ccc4ccc5c(N(c6cccc(-c7ccccc7)c6)c6c(F)cc(-c7c([2H])c([2H])c([2H])c([2H])c7[2H])cc6-c6c([2H])c([2H])c([2H])c([2H])c6[2H])ccc6ccc3c4c65)c(-c3c([2H])c([2H])c([2H])c([2H])c3[2H])c2)c([2H])c1[2H]. The molecule has 0 atom stereocenters. The smallest absolute Gasteiger partial charge is 0.148 e. The van der Waals surface area contributed by atoms with Crippen molar-refractivity contribution in [2.24, 2.45) is 0 Å². The number of anilines is 6. The number of nitrogens with zero attached hydrogens (tertiary/aromatic N) is 2. The lowest BCUT2D eigenvalue weighted by atomic mass is 9.90. The van der Waals surface area contributed by atoms with E-state index in [1.807, 2.05) is 97.1 Å². The van der Waals surface area contributed by atoms with Crippen LogP contribution in [0, 0.1) is 11.6 Å². The topological polar surface area (TPSA) is 6.48 Å². The van der Waals surface area contributed by atoms with E-state index in [4.69, 9.17) is 21.9 Å². The fourth-order valence-corrected chi connectivity index (χ4v) is 10.7. The Labute approximate surface area is 492 Å². The molecule has 0 fully saturated rings. The van der Waals surface area contributed by atoms with Gasteiger partial charge < -0.3 is 9.80 Å². The van der Waals surface area contributed by atoms with Gasteiger partial charge in [-0.3, -0.25) is 0 Å². The molecule has 0 aromatic heterocycles. The van der Waals surface area contributed by atoms with Crippen LogP contribution in [0.2, 0.25) is 0 Å². The van der Waals surface area contributed by atoms with Gasteiger partial charge in [0.2, 0.25) is 0 Å². The molecule has 0 spiro atoms. The highest BCUT2D eigenvalue weighted by Gasteiger charge is 2.29. The lowest BCUT2D eigenvalue weighted by Crippen LogP contribution is -2.15. The van der Waals surface area contributed by atoms with Crippen molar-refractivity contribution < 1.29 is 36.2 Å². The van der Waals surface area contributed by atoms with Crippen LogP contribution in [0.25, 0.3) is 99.1 Å². The first-order valence-electron chi connectivity index (χ1n) is 35.4. The third-order valence-corrected chi connectivity index (χ3v) is 14.2. The first-order chi connectivity index (χ1) is 47.8. The number of benzene rings is 14. The van der Waals surface area contributed by atoms with Gasteiger partial charge in [-0.2, -0.15) is 0 Å². The number of halogens is 2. The largest absolute Gasteiger partial charge is 0.307 e. The molecule has 0 unspecified atom stereocenters. The molecule has 14 aromatic carbocycles. The van der Waals surface area contributed by atoms with Gasteiger partial charge in [0.25, 0.3) is 0 Å². The van der Waals surface area contributed by atoms with E-state index in [9.17, 15) is 5.48 Å². The van der Waals surface area contributed by atoms with Crippen molar-refractivity contribution in [1.82, 2.24) is 0 Å². The zero-order valence-electron chi connectivity index (χ0n) is 62.0. The quantitative estimate of drug-likeness (QED) is 0.113. The molecule has 0 heterocycles. The molecule has 4 heteroatoms. The molecule has 2 nitrogen and oxygen atoms in total. The van der Waals surface area contributed by atoms with Crippen LogP contribution in [0.1, 0.15) is 27.4 Å².